The fraction of sp³-hybridized carbons (Fsp3) is 0.350. The molecule has 27 heavy (non-hydrogen) atoms. The second-order valence-corrected chi connectivity index (χ2v) is 6.39. The van der Waals surface area contributed by atoms with Crippen LogP contribution in [-0.2, 0) is 4.79 Å². The van der Waals surface area contributed by atoms with Crippen molar-refractivity contribution < 1.29 is 9.53 Å². The third-order valence-electron chi connectivity index (χ3n) is 4.05. The summed E-state index contributed by atoms with van der Waals surface area (Å²) in [7, 11) is 3.99. The van der Waals surface area contributed by atoms with Crippen molar-refractivity contribution >= 4 is 36.4 Å². The van der Waals surface area contributed by atoms with Crippen molar-refractivity contribution in [3.63, 3.8) is 0 Å². The lowest BCUT2D eigenvalue weighted by Gasteiger charge is -2.20. The molecule has 1 amide bonds. The number of amides is 1. The van der Waals surface area contributed by atoms with Crippen molar-refractivity contribution in [3.8, 4) is 5.75 Å². The summed E-state index contributed by atoms with van der Waals surface area (Å²) < 4.78 is 5.70. The molecule has 7 heteroatoms. The zero-order chi connectivity index (χ0) is 18.2. The van der Waals surface area contributed by atoms with E-state index in [1.165, 1.54) is 0 Å². The molecule has 0 radical (unpaired) electrons. The van der Waals surface area contributed by atoms with E-state index in [-0.39, 0.29) is 42.7 Å². The van der Waals surface area contributed by atoms with Gasteiger partial charge in [0.2, 0.25) is 5.91 Å². The van der Waals surface area contributed by atoms with Gasteiger partial charge in [-0.3, -0.25) is 4.79 Å². The van der Waals surface area contributed by atoms with Gasteiger partial charge in [-0.25, -0.2) is 0 Å². The molecule has 2 rings (SSSR count). The predicted molar refractivity (Wildman–Crippen MR) is 116 cm³/mol. The number of benzene rings is 2. The minimum Gasteiger partial charge on any atom is -0.492 e. The fourth-order valence-corrected chi connectivity index (χ4v) is 2.39. The van der Waals surface area contributed by atoms with Crippen LogP contribution in [0.5, 0.6) is 5.75 Å². The number of hydrogen-bond acceptors (Lipinski definition) is 4. The second-order valence-electron chi connectivity index (χ2n) is 6.39. The average Bonchev–Trinajstić information content (AvgIpc) is 2.61. The Morgan fingerprint density at radius 2 is 1.78 bits per heavy atom. The van der Waals surface area contributed by atoms with Gasteiger partial charge >= 0.3 is 0 Å². The summed E-state index contributed by atoms with van der Waals surface area (Å²) in [6, 6.07) is 16.7. The standard InChI is InChI=1S/C20H27N3O2.2ClH/c1-15(19(21)16-8-5-4-6-9-16)20(24)22-17-10-7-11-18(14-17)25-13-12-23(2)3;;/h4-11,14-15,19H,12-13,21H2,1-3H3,(H,22,24);2*1H. The summed E-state index contributed by atoms with van der Waals surface area (Å²) in [5.41, 5.74) is 7.88. The van der Waals surface area contributed by atoms with Crippen molar-refractivity contribution in [1.82, 2.24) is 4.90 Å². The SMILES string of the molecule is CC(C(=O)Nc1cccc(OCCN(C)C)c1)C(N)c1ccccc1.Cl.Cl. The third kappa shape index (κ3) is 8.18. The first-order chi connectivity index (χ1) is 12.0. The lowest BCUT2D eigenvalue weighted by atomic mass is 9.94. The molecule has 150 valence electrons. The maximum Gasteiger partial charge on any atom is 0.229 e. The molecule has 0 fully saturated rings. The van der Waals surface area contributed by atoms with Crippen molar-refractivity contribution in [2.24, 2.45) is 11.7 Å². The summed E-state index contributed by atoms with van der Waals surface area (Å²) in [4.78, 5) is 14.6. The number of anilines is 1. The van der Waals surface area contributed by atoms with E-state index in [1.807, 2.05) is 75.6 Å². The van der Waals surface area contributed by atoms with Gasteiger partial charge in [-0.1, -0.05) is 43.3 Å². The molecule has 0 heterocycles. The number of ether oxygens (including phenoxy) is 1. The van der Waals surface area contributed by atoms with E-state index in [2.05, 4.69) is 10.2 Å². The average molecular weight is 414 g/mol. The van der Waals surface area contributed by atoms with Crippen LogP contribution in [0.1, 0.15) is 18.5 Å². The molecule has 2 aromatic rings. The van der Waals surface area contributed by atoms with Gasteiger partial charge in [0.25, 0.3) is 0 Å². The lowest BCUT2D eigenvalue weighted by Crippen LogP contribution is -2.30. The number of nitrogens with zero attached hydrogens (tertiary/aromatic N) is 1. The molecule has 0 saturated carbocycles. The molecule has 2 aromatic carbocycles. The first-order valence-electron chi connectivity index (χ1n) is 8.46. The molecule has 2 atom stereocenters. The smallest absolute Gasteiger partial charge is 0.229 e. The third-order valence-corrected chi connectivity index (χ3v) is 4.05. The molecule has 0 spiro atoms. The van der Waals surface area contributed by atoms with Crippen LogP contribution in [0, 0.1) is 5.92 Å². The normalized spacial score (nSPS) is 12.3. The number of nitrogens with two attached hydrogens (primary N) is 1. The van der Waals surface area contributed by atoms with Gasteiger partial charge in [0.05, 0.1) is 5.92 Å². The number of rotatable bonds is 8. The molecule has 0 saturated heterocycles. The van der Waals surface area contributed by atoms with Crippen molar-refractivity contribution in [3.05, 3.63) is 60.2 Å². The van der Waals surface area contributed by atoms with Gasteiger partial charge in [0.1, 0.15) is 12.4 Å². The van der Waals surface area contributed by atoms with Gasteiger partial charge in [-0.05, 0) is 31.8 Å². The van der Waals surface area contributed by atoms with E-state index in [4.69, 9.17) is 10.5 Å². The first kappa shape index (κ1) is 25.2. The highest BCUT2D eigenvalue weighted by atomic mass is 35.5. The van der Waals surface area contributed by atoms with Crippen LogP contribution in [0.2, 0.25) is 0 Å². The van der Waals surface area contributed by atoms with E-state index >= 15 is 0 Å². The van der Waals surface area contributed by atoms with Crippen LogP contribution in [0.25, 0.3) is 0 Å². The molecule has 3 N–H and O–H groups in total. The summed E-state index contributed by atoms with van der Waals surface area (Å²) in [6.45, 7) is 3.27. The van der Waals surface area contributed by atoms with Gasteiger partial charge in [-0.2, -0.15) is 0 Å². The number of halogens is 2. The van der Waals surface area contributed by atoms with Gasteiger partial charge in [-0.15, -0.1) is 24.8 Å². The second kappa shape index (κ2) is 12.6. The van der Waals surface area contributed by atoms with Gasteiger partial charge < -0.3 is 20.7 Å². The van der Waals surface area contributed by atoms with Gasteiger partial charge in [0.15, 0.2) is 0 Å². The van der Waals surface area contributed by atoms with Crippen molar-refractivity contribution in [1.29, 1.82) is 0 Å². The Balaban J connectivity index is 0.00000338. The first-order valence-corrected chi connectivity index (χ1v) is 8.46. The highest BCUT2D eigenvalue weighted by Crippen LogP contribution is 2.22. The van der Waals surface area contributed by atoms with Crippen LogP contribution in [0.3, 0.4) is 0 Å². The molecule has 0 aliphatic rings. The summed E-state index contributed by atoms with van der Waals surface area (Å²) in [5.74, 6) is 0.280. The van der Waals surface area contributed by atoms with E-state index in [0.29, 0.717) is 12.3 Å². The Morgan fingerprint density at radius 1 is 1.11 bits per heavy atom. The van der Waals surface area contributed by atoms with E-state index in [0.717, 1.165) is 17.9 Å². The highest BCUT2D eigenvalue weighted by molar-refractivity contribution is 5.93. The highest BCUT2D eigenvalue weighted by Gasteiger charge is 2.22. The zero-order valence-electron chi connectivity index (χ0n) is 15.9. The van der Waals surface area contributed by atoms with Gasteiger partial charge in [0, 0.05) is 24.3 Å². The number of carbonyl (C=O) groups excluding carboxylic acids is 1. The molecule has 5 nitrogen and oxygen atoms in total. The Kier molecular flexibility index (Phi) is 11.7. The molecule has 0 aliphatic carbocycles. The Hall–Kier alpha value is -1.79. The summed E-state index contributed by atoms with van der Waals surface area (Å²) in [6.07, 6.45) is 0. The Labute approximate surface area is 174 Å². The minimum absolute atomic E-state index is 0. The zero-order valence-corrected chi connectivity index (χ0v) is 17.6. The maximum absolute atomic E-state index is 12.5. The van der Waals surface area contributed by atoms with Crippen LogP contribution >= 0.6 is 24.8 Å². The molecule has 0 aliphatic heterocycles. The maximum atomic E-state index is 12.5. The van der Waals surface area contributed by atoms with E-state index in [1.54, 1.807) is 0 Å². The number of carbonyl (C=O) groups is 1. The molecule has 0 bridgehead atoms. The quantitative estimate of drug-likeness (QED) is 0.691. The van der Waals surface area contributed by atoms with Crippen LogP contribution in [0.15, 0.2) is 54.6 Å². The largest absolute Gasteiger partial charge is 0.492 e. The lowest BCUT2D eigenvalue weighted by molar-refractivity contribution is -0.120. The van der Waals surface area contributed by atoms with Crippen molar-refractivity contribution in [2.75, 3.05) is 32.6 Å². The van der Waals surface area contributed by atoms with Crippen LogP contribution in [-0.4, -0.2) is 38.1 Å². The van der Waals surface area contributed by atoms with Crippen molar-refractivity contribution in [2.45, 2.75) is 13.0 Å². The number of hydrogen-bond donors (Lipinski definition) is 2. The minimum atomic E-state index is -0.347. The number of likely N-dealkylation sites (N-methyl/N-ethyl adjacent to an activating group) is 1. The summed E-state index contributed by atoms with van der Waals surface area (Å²) >= 11 is 0. The van der Waals surface area contributed by atoms with E-state index in [9.17, 15) is 4.79 Å². The molecular formula is C20H29Cl2N3O2. The van der Waals surface area contributed by atoms with Crippen LogP contribution < -0.4 is 15.8 Å². The monoisotopic (exact) mass is 413 g/mol. The van der Waals surface area contributed by atoms with Crippen LogP contribution in [0.4, 0.5) is 5.69 Å². The predicted octanol–water partition coefficient (Wildman–Crippen LogP) is 3.75. The Morgan fingerprint density at radius 3 is 2.41 bits per heavy atom. The summed E-state index contributed by atoms with van der Waals surface area (Å²) in [5, 5.41) is 2.92. The topological polar surface area (TPSA) is 67.6 Å². The molecular weight excluding hydrogens is 385 g/mol. The fourth-order valence-electron chi connectivity index (χ4n) is 2.39. The molecule has 2 unspecified atom stereocenters. The number of nitrogens with one attached hydrogen (secondary N) is 1. The Bertz CT molecular complexity index is 684. The molecule has 0 aromatic heterocycles. The van der Waals surface area contributed by atoms with E-state index < -0.39 is 0 Å².